The first-order chi connectivity index (χ1) is 18.7. The van der Waals surface area contributed by atoms with Crippen molar-refractivity contribution >= 4 is 23.0 Å². The summed E-state index contributed by atoms with van der Waals surface area (Å²) < 4.78 is 17.1. The van der Waals surface area contributed by atoms with Crippen LogP contribution in [0.3, 0.4) is 0 Å². The quantitative estimate of drug-likeness (QED) is 0.189. The third-order valence-corrected chi connectivity index (χ3v) is 5.88. The zero-order chi connectivity index (χ0) is 28.9. The number of carboxylic acid groups (broad SMARTS) is 1. The molecular weight excluding hydrogens is 496 g/mol. The number of rotatable bonds is 11. The van der Waals surface area contributed by atoms with Gasteiger partial charge in [0, 0.05) is 22.9 Å². The number of imide groups is 1. The number of benzene rings is 2. The summed E-state index contributed by atoms with van der Waals surface area (Å²) in [6.07, 6.45) is 5.51. The Kier molecular flexibility index (Phi) is 12.3. The van der Waals surface area contributed by atoms with E-state index in [1.54, 1.807) is 14.0 Å². The number of hydrogen-bond donors (Lipinski definition) is 2. The second kappa shape index (κ2) is 15.4. The highest BCUT2D eigenvalue weighted by Gasteiger charge is 2.17. The van der Waals surface area contributed by atoms with Crippen molar-refractivity contribution in [2.45, 2.75) is 67.2 Å². The maximum Gasteiger partial charge on any atom is 0.411 e. The minimum absolute atomic E-state index is 0.401. The molecule has 0 aliphatic rings. The fourth-order valence-corrected chi connectivity index (χ4v) is 4.15. The van der Waals surface area contributed by atoms with Crippen molar-refractivity contribution in [2.24, 2.45) is 5.92 Å². The second-order valence-electron chi connectivity index (χ2n) is 8.91. The van der Waals surface area contributed by atoms with Crippen LogP contribution in [-0.4, -0.2) is 29.4 Å². The molecule has 8 nitrogen and oxygen atoms in total. The van der Waals surface area contributed by atoms with E-state index in [1.165, 1.54) is 0 Å². The van der Waals surface area contributed by atoms with Gasteiger partial charge in [-0.2, -0.15) is 0 Å². The number of ether oxygens (including phenoxy) is 2. The Balaban J connectivity index is 0.00000260. The molecule has 39 heavy (non-hydrogen) atoms. The zero-order valence-electron chi connectivity index (χ0n) is 24.0. The first kappa shape index (κ1) is 31.1. The van der Waals surface area contributed by atoms with Gasteiger partial charge in [0.25, 0.3) is 0 Å². The summed E-state index contributed by atoms with van der Waals surface area (Å²) in [7, 11) is 1.61. The van der Waals surface area contributed by atoms with Crippen LogP contribution >= 0.6 is 0 Å². The Labute approximate surface area is 230 Å². The van der Waals surface area contributed by atoms with E-state index in [2.05, 4.69) is 18.1 Å². The van der Waals surface area contributed by atoms with Gasteiger partial charge < -0.3 is 19.1 Å². The van der Waals surface area contributed by atoms with E-state index in [-0.39, 0.29) is 0 Å². The van der Waals surface area contributed by atoms with Gasteiger partial charge in [0.2, 0.25) is 5.91 Å². The number of aromatic nitrogens is 1. The summed E-state index contributed by atoms with van der Waals surface area (Å²) in [5, 5.41) is 15.9. The van der Waals surface area contributed by atoms with Crippen LogP contribution in [0.25, 0.3) is 22.2 Å². The lowest BCUT2D eigenvalue weighted by Crippen LogP contribution is -2.33. The van der Waals surface area contributed by atoms with Crippen molar-refractivity contribution in [1.29, 1.82) is 0 Å². The highest BCUT2D eigenvalue weighted by molar-refractivity contribution is 5.93. The predicted octanol–water partition coefficient (Wildman–Crippen LogP) is 7.92. The van der Waals surface area contributed by atoms with Crippen LogP contribution in [-0.2, 0) is 11.2 Å². The fourth-order valence-electron chi connectivity index (χ4n) is 4.15. The Morgan fingerprint density at radius 2 is 1.90 bits per heavy atom. The van der Waals surface area contributed by atoms with Gasteiger partial charge in [0.05, 0.1) is 7.11 Å². The zero-order valence-corrected chi connectivity index (χ0v) is 24.0. The molecule has 0 aliphatic heterocycles. The van der Waals surface area contributed by atoms with Crippen molar-refractivity contribution in [3.05, 3.63) is 65.4 Å². The normalized spacial score (nSPS) is 12.4. The molecule has 3 aromatic rings. The van der Waals surface area contributed by atoms with Gasteiger partial charge in [-0.25, -0.2) is 4.79 Å². The summed E-state index contributed by atoms with van der Waals surface area (Å²) in [5.41, 5.74) is 4.31. The number of hydrogen-bond acceptors (Lipinski definition) is 6. The van der Waals surface area contributed by atoms with Crippen LogP contribution in [0.1, 0.15) is 66.4 Å². The molecular formula is C31H40N2O6. The van der Waals surface area contributed by atoms with Crippen molar-refractivity contribution in [2.75, 3.05) is 7.11 Å². The monoisotopic (exact) mass is 536 g/mol. The fraction of sp³-hybridized carbons (Fsp3) is 0.387. The van der Waals surface area contributed by atoms with Crippen molar-refractivity contribution in [3.63, 3.8) is 0 Å². The molecule has 210 valence electrons. The molecule has 1 aromatic heterocycles. The Morgan fingerprint density at radius 1 is 1.15 bits per heavy atom. The van der Waals surface area contributed by atoms with Gasteiger partial charge >= 0.3 is 6.09 Å². The van der Waals surface area contributed by atoms with Crippen LogP contribution in [0, 0.1) is 5.92 Å². The molecule has 0 bridgehead atoms. The van der Waals surface area contributed by atoms with Gasteiger partial charge in [-0.3, -0.25) is 10.1 Å². The molecule has 2 amide bonds. The molecule has 0 spiro atoms. The van der Waals surface area contributed by atoms with Crippen LogP contribution in [0.2, 0.25) is 0 Å². The summed E-state index contributed by atoms with van der Waals surface area (Å²) in [6, 6.07) is 11.6. The van der Waals surface area contributed by atoms with Crippen LogP contribution < -0.4 is 14.8 Å². The maximum absolute atomic E-state index is 12.0. The van der Waals surface area contributed by atoms with Gasteiger partial charge in [0.1, 0.15) is 23.0 Å². The summed E-state index contributed by atoms with van der Waals surface area (Å²) in [4.78, 5) is 22.8. The highest BCUT2D eigenvalue weighted by Crippen LogP contribution is 2.34. The highest BCUT2D eigenvalue weighted by atomic mass is 16.5. The number of carbonyl (C=O) groups is 2. The number of allylic oxidation sites excluding steroid dienone is 4. The molecule has 8 heteroatoms. The third-order valence-electron chi connectivity index (χ3n) is 5.88. The first-order valence-corrected chi connectivity index (χ1v) is 13.4. The van der Waals surface area contributed by atoms with Crippen LogP contribution in [0.5, 0.6) is 11.5 Å². The molecule has 1 atom stereocenters. The number of fused-ring (bicyclic) bond motifs is 1. The van der Waals surface area contributed by atoms with Gasteiger partial charge in [-0.05, 0) is 73.7 Å². The van der Waals surface area contributed by atoms with E-state index in [9.17, 15) is 9.59 Å². The number of amides is 2. The Morgan fingerprint density at radius 3 is 2.54 bits per heavy atom. The molecule has 0 saturated carbocycles. The second-order valence-corrected chi connectivity index (χ2v) is 8.91. The molecule has 2 aromatic carbocycles. The lowest BCUT2D eigenvalue weighted by Gasteiger charge is -2.15. The minimum Gasteiger partial charge on any atom is -0.497 e. The topological polar surface area (TPSA) is 111 Å². The molecule has 3 rings (SSSR count). The number of nitrogens with zero attached hydrogens (tertiary/aromatic N) is 1. The number of methoxy groups -OCH3 is 1. The lowest BCUT2D eigenvalue weighted by molar-refractivity contribution is -0.123. The van der Waals surface area contributed by atoms with Crippen LogP contribution in [0.15, 0.2) is 64.4 Å². The molecule has 1 unspecified atom stereocenters. The van der Waals surface area contributed by atoms with Crippen molar-refractivity contribution < 1.29 is 28.7 Å². The summed E-state index contributed by atoms with van der Waals surface area (Å²) in [5.74, 6) is 1.11. The maximum atomic E-state index is 12.0. The molecule has 0 radical (unpaired) electrons. The predicted molar refractivity (Wildman–Crippen MR) is 154 cm³/mol. The van der Waals surface area contributed by atoms with Crippen molar-refractivity contribution in [3.8, 4) is 22.8 Å². The molecule has 1 heterocycles. The lowest BCUT2D eigenvalue weighted by atomic mass is 9.99. The number of carbonyl (C=O) groups excluding carboxylic acids is 1. The van der Waals surface area contributed by atoms with Crippen LogP contribution in [0.4, 0.5) is 4.79 Å². The minimum atomic E-state index is -1.35. The average molecular weight is 537 g/mol. The van der Waals surface area contributed by atoms with E-state index in [0.717, 1.165) is 52.8 Å². The third kappa shape index (κ3) is 8.74. The summed E-state index contributed by atoms with van der Waals surface area (Å²) >= 11 is 0. The number of aryl methyl sites for hydroxylation is 1. The Hall–Kier alpha value is -4.07. The molecule has 0 aliphatic carbocycles. The standard InChI is InChI=1S/C29H34N2O6.C2H6/c1-6-8-20(14-18(3)28(32)30-29(33)34)15-19(4)36-25-13-10-22(16-21(25)9-7-2)27-24-12-11-23(35-5)17-26(24)37-31-27;1-2/h8,10-13,15-18H,6-7,9,14H2,1-5H3,(H,30,32)(H,33,34);1-2H3/b19-15+,20-8-;. The molecule has 0 fully saturated rings. The summed E-state index contributed by atoms with van der Waals surface area (Å²) in [6.45, 7) is 11.7. The van der Waals surface area contributed by atoms with Gasteiger partial charge in [-0.1, -0.05) is 52.3 Å². The average Bonchev–Trinajstić information content (AvgIpc) is 3.34. The van der Waals surface area contributed by atoms with Gasteiger partial charge in [-0.15, -0.1) is 0 Å². The first-order valence-electron chi connectivity index (χ1n) is 13.4. The van der Waals surface area contributed by atoms with E-state index >= 15 is 0 Å². The molecule has 2 N–H and O–H groups in total. The number of nitrogens with one attached hydrogen (secondary N) is 1. The Bertz CT molecular complexity index is 1320. The molecule has 0 saturated heterocycles. The van der Waals surface area contributed by atoms with Crippen molar-refractivity contribution in [1.82, 2.24) is 10.5 Å². The van der Waals surface area contributed by atoms with E-state index in [1.807, 2.05) is 75.5 Å². The van der Waals surface area contributed by atoms with E-state index in [4.69, 9.17) is 19.1 Å². The van der Waals surface area contributed by atoms with E-state index < -0.39 is 17.9 Å². The smallest absolute Gasteiger partial charge is 0.411 e. The van der Waals surface area contributed by atoms with E-state index in [0.29, 0.717) is 23.5 Å². The van der Waals surface area contributed by atoms with Gasteiger partial charge in [0.15, 0.2) is 5.58 Å². The largest absolute Gasteiger partial charge is 0.497 e. The SMILES string of the molecule is CC.CC/C=C(\C=C(/C)Oc1ccc(-c2noc3cc(OC)ccc23)cc1CCC)CC(C)C(=O)NC(=O)O.